The van der Waals surface area contributed by atoms with Crippen molar-refractivity contribution in [3.05, 3.63) is 98.7 Å². The van der Waals surface area contributed by atoms with Gasteiger partial charge in [-0.3, -0.25) is 14.5 Å². The number of pyridine rings is 2. The molecule has 15 heteroatoms. The number of aliphatic hydroxyl groups is 1. The molecule has 2 amide bonds. The van der Waals surface area contributed by atoms with Gasteiger partial charge in [0.15, 0.2) is 5.60 Å². The zero-order valence-corrected chi connectivity index (χ0v) is 31.8. The van der Waals surface area contributed by atoms with E-state index in [2.05, 4.69) is 25.9 Å². The van der Waals surface area contributed by atoms with E-state index in [-0.39, 0.29) is 36.9 Å². The number of methoxy groups -OCH3 is 1. The van der Waals surface area contributed by atoms with E-state index >= 15 is 0 Å². The summed E-state index contributed by atoms with van der Waals surface area (Å²) in [5.41, 5.74) is 3.78. The highest BCUT2D eigenvalue weighted by atomic mass is 35.5. The second-order valence-corrected chi connectivity index (χ2v) is 15.0. The van der Waals surface area contributed by atoms with Gasteiger partial charge in [0, 0.05) is 56.0 Å². The zero-order chi connectivity index (χ0) is 38.7. The first-order valence-corrected chi connectivity index (χ1v) is 19.0. The number of carbonyl (C=O) groups excluding carboxylic acids is 2. The summed E-state index contributed by atoms with van der Waals surface area (Å²) in [4.78, 5) is 47.4. The molecule has 0 bridgehead atoms. The number of amides is 2. The van der Waals surface area contributed by atoms with Crippen molar-refractivity contribution in [1.29, 1.82) is 0 Å². The summed E-state index contributed by atoms with van der Waals surface area (Å²) in [7, 11) is 1.55. The number of hydrogen-bond acceptors (Lipinski definition) is 10. The van der Waals surface area contributed by atoms with Gasteiger partial charge in [-0.25, -0.2) is 9.78 Å². The minimum absolute atomic E-state index is 0.0338. The lowest BCUT2D eigenvalue weighted by molar-refractivity contribution is -0.164. The minimum Gasteiger partial charge on any atom is -0.481 e. The Bertz CT molecular complexity index is 2100. The van der Waals surface area contributed by atoms with E-state index < -0.39 is 17.5 Å². The predicted octanol–water partition coefficient (Wildman–Crippen LogP) is 5.56. The Balaban J connectivity index is 1.01. The molecule has 1 aliphatic carbocycles. The molecule has 2 fully saturated rings. The second-order valence-electron chi connectivity index (χ2n) is 14.2. The molecule has 288 valence electrons. The number of β-amino-alcohol motifs (C(OH)–C–C–N with tert-alkyl or cyclic N) is 1. The van der Waals surface area contributed by atoms with Crippen molar-refractivity contribution in [1.82, 2.24) is 25.5 Å². The van der Waals surface area contributed by atoms with Gasteiger partial charge in [0.1, 0.15) is 16.9 Å². The predicted molar refractivity (Wildman–Crippen MR) is 207 cm³/mol. The molecule has 0 unspecified atom stereocenters. The van der Waals surface area contributed by atoms with Crippen molar-refractivity contribution in [2.45, 2.75) is 69.4 Å². The average Bonchev–Trinajstić information content (AvgIpc) is 3.78. The van der Waals surface area contributed by atoms with E-state index in [9.17, 15) is 24.6 Å². The maximum atomic E-state index is 13.5. The van der Waals surface area contributed by atoms with Gasteiger partial charge in [0.05, 0.1) is 17.7 Å². The normalized spacial score (nSPS) is 20.8. The lowest BCUT2D eigenvalue weighted by atomic mass is 9.93. The molecule has 3 aliphatic rings. The van der Waals surface area contributed by atoms with Crippen LogP contribution in [0.3, 0.4) is 0 Å². The van der Waals surface area contributed by atoms with Crippen LogP contribution in [0.2, 0.25) is 10.0 Å². The summed E-state index contributed by atoms with van der Waals surface area (Å²) in [5.74, 6) is -0.557. The van der Waals surface area contributed by atoms with Gasteiger partial charge in [-0.05, 0) is 79.1 Å². The van der Waals surface area contributed by atoms with Crippen molar-refractivity contribution in [2.24, 2.45) is 0 Å². The summed E-state index contributed by atoms with van der Waals surface area (Å²) in [6.45, 7) is 2.21. The molecule has 4 aromatic rings. The van der Waals surface area contributed by atoms with E-state index in [4.69, 9.17) is 32.7 Å². The summed E-state index contributed by atoms with van der Waals surface area (Å²) in [5, 5.41) is 29.6. The number of halogens is 2. The molecule has 2 aliphatic heterocycles. The number of ether oxygens (including phenoxy) is 2. The number of nitrogens with zero attached hydrogens (tertiary/aromatic N) is 3. The van der Waals surface area contributed by atoms with Crippen LogP contribution in [0, 0.1) is 0 Å². The maximum Gasteiger partial charge on any atom is 0.337 e. The monoisotopic (exact) mass is 788 g/mol. The fourth-order valence-corrected chi connectivity index (χ4v) is 8.13. The third-order valence-electron chi connectivity index (χ3n) is 10.4. The van der Waals surface area contributed by atoms with Crippen molar-refractivity contribution in [2.75, 3.05) is 32.1 Å². The lowest BCUT2D eigenvalue weighted by Gasteiger charge is -2.36. The van der Waals surface area contributed by atoms with E-state index in [1.807, 2.05) is 35.2 Å². The molecule has 5 N–H and O–H groups in total. The lowest BCUT2D eigenvalue weighted by Crippen LogP contribution is -2.52. The van der Waals surface area contributed by atoms with Crippen molar-refractivity contribution in [3.63, 3.8) is 0 Å². The van der Waals surface area contributed by atoms with Crippen LogP contribution in [-0.4, -0.2) is 81.3 Å². The Morgan fingerprint density at radius 2 is 1.89 bits per heavy atom. The molecule has 2 saturated heterocycles. The minimum atomic E-state index is -1.76. The van der Waals surface area contributed by atoms with Crippen LogP contribution in [0.1, 0.15) is 70.8 Å². The molecule has 2 aromatic heterocycles. The number of carboxylic acids is 1. The third-order valence-corrected chi connectivity index (χ3v) is 11.1. The van der Waals surface area contributed by atoms with Crippen LogP contribution in [0.5, 0.6) is 11.8 Å². The Morgan fingerprint density at radius 1 is 1.07 bits per heavy atom. The van der Waals surface area contributed by atoms with E-state index in [1.165, 1.54) is 0 Å². The fraction of sp³-hybridized carbons (Fsp3) is 0.375. The molecule has 2 aromatic carbocycles. The number of piperidine rings is 1. The van der Waals surface area contributed by atoms with Crippen LogP contribution in [0.25, 0.3) is 11.1 Å². The van der Waals surface area contributed by atoms with Gasteiger partial charge < -0.3 is 35.6 Å². The Labute approximate surface area is 328 Å². The molecule has 4 heterocycles. The van der Waals surface area contributed by atoms with Gasteiger partial charge in [-0.1, -0.05) is 59.6 Å². The number of rotatable bonds is 13. The molecule has 3 atom stereocenters. The number of carbonyl (C=O) groups is 3. The largest absolute Gasteiger partial charge is 0.481 e. The average molecular weight is 790 g/mol. The van der Waals surface area contributed by atoms with E-state index in [0.717, 1.165) is 34.2 Å². The zero-order valence-electron chi connectivity index (χ0n) is 30.2. The molecule has 55 heavy (non-hydrogen) atoms. The van der Waals surface area contributed by atoms with Crippen molar-refractivity contribution < 1.29 is 34.1 Å². The first-order valence-electron chi connectivity index (χ1n) is 18.3. The van der Waals surface area contributed by atoms with Crippen molar-refractivity contribution in [3.8, 4) is 22.9 Å². The Hall–Kier alpha value is -4.79. The Kier molecular flexibility index (Phi) is 11.6. The van der Waals surface area contributed by atoms with Gasteiger partial charge in [-0.2, -0.15) is 4.98 Å². The summed E-state index contributed by atoms with van der Waals surface area (Å²) < 4.78 is 12.0. The van der Waals surface area contributed by atoms with Crippen molar-refractivity contribution >= 4 is 46.8 Å². The quantitative estimate of drug-likeness (QED) is 0.115. The highest BCUT2D eigenvalue weighted by Gasteiger charge is 2.40. The first-order chi connectivity index (χ1) is 26.5. The molecular weight excluding hydrogens is 747 g/mol. The number of likely N-dealkylation sites (tertiary alicyclic amines) is 1. The smallest absolute Gasteiger partial charge is 0.337 e. The number of hydrogen-bond donors (Lipinski definition) is 5. The molecule has 7 rings (SSSR count). The van der Waals surface area contributed by atoms with E-state index in [1.54, 1.807) is 37.6 Å². The van der Waals surface area contributed by atoms with Crippen LogP contribution in [0.4, 0.5) is 5.82 Å². The molecule has 0 spiro atoms. The van der Waals surface area contributed by atoms with Crippen LogP contribution < -0.4 is 25.4 Å². The number of carboxylic acid groups (broad SMARTS) is 1. The highest BCUT2D eigenvalue weighted by Crippen LogP contribution is 2.43. The fourth-order valence-electron chi connectivity index (χ4n) is 7.60. The molecule has 0 radical (unpaired) electrons. The van der Waals surface area contributed by atoms with Gasteiger partial charge in [0.2, 0.25) is 17.7 Å². The third kappa shape index (κ3) is 8.56. The highest BCUT2D eigenvalue weighted by molar-refractivity contribution is 6.37. The Morgan fingerprint density at radius 3 is 2.64 bits per heavy atom. The topological polar surface area (TPSA) is 175 Å². The van der Waals surface area contributed by atoms with Gasteiger partial charge in [0.25, 0.3) is 5.91 Å². The molecule has 0 saturated carbocycles. The number of nitrogens with one attached hydrogen (secondary N) is 3. The summed E-state index contributed by atoms with van der Waals surface area (Å²) >= 11 is 13.6. The number of fused-ring (bicyclic) bond motifs is 1. The van der Waals surface area contributed by atoms with Gasteiger partial charge >= 0.3 is 5.97 Å². The molecular formula is C40H42Cl2N6O7. The molecule has 13 nitrogen and oxygen atoms in total. The maximum absolute atomic E-state index is 13.5. The summed E-state index contributed by atoms with van der Waals surface area (Å²) in [6, 6.07) is 16.7. The second kappa shape index (κ2) is 16.5. The summed E-state index contributed by atoms with van der Waals surface area (Å²) in [6.07, 6.45) is 4.83. The van der Waals surface area contributed by atoms with Crippen LogP contribution in [-0.2, 0) is 29.1 Å². The number of anilines is 1. The van der Waals surface area contributed by atoms with Crippen LogP contribution >= 0.6 is 23.2 Å². The standard InChI is InChI=1S/C40H42Cl2N6O7/c1-54-37-24(19-43-20-25-10-14-34(49)45-25)17-31(41)38(47-37)55-32-12-11-27-26(5-2-6-28(27)32)29-7-3-8-30(35(29)42)36(50)46-33-13-9-23(18-44-33)21-48-16-4-15-40(53,22-48)39(51)52/h2-3,5-9,13,17-18,25,32,43,53H,4,10-12,14-16,19-22H2,1H3,(H,45,49)(H,51,52)(H,44,46,50)/t25-,32-,40-/m0/s1. The number of aromatic nitrogens is 2. The van der Waals surface area contributed by atoms with Gasteiger partial charge in [-0.15, -0.1) is 0 Å². The SMILES string of the molecule is COc1nc(O[C@H]2CCc3c(-c4cccc(C(=O)Nc5ccc(CN6CCC[C@@](O)(C(=O)O)C6)cn5)c4Cl)cccc32)c(Cl)cc1CNC[C@@H]1CCC(=O)N1. The number of benzene rings is 2. The first kappa shape index (κ1) is 38.5. The van der Waals surface area contributed by atoms with E-state index in [0.29, 0.717) is 84.7 Å². The number of aliphatic carboxylic acids is 1. The van der Waals surface area contributed by atoms with Crippen LogP contribution in [0.15, 0.2) is 60.8 Å².